The minimum Gasteiger partial charge on any atom is -0.356 e. The number of anilines is 3. The van der Waals surface area contributed by atoms with E-state index >= 15 is 0 Å². The van der Waals surface area contributed by atoms with Crippen LogP contribution in [0.1, 0.15) is 24.2 Å². The predicted molar refractivity (Wildman–Crippen MR) is 88.0 cm³/mol. The monoisotopic (exact) mass is 356 g/mol. The van der Waals surface area contributed by atoms with Gasteiger partial charge in [0.2, 0.25) is 0 Å². The number of halogens is 4. The van der Waals surface area contributed by atoms with E-state index in [0.29, 0.717) is 11.6 Å². The SMILES string of the molecule is Cc1nc(Nc2ccc(Cl)cc2C(F)(F)F)cc(N2CCCC2)n1. The molecule has 0 atom stereocenters. The Morgan fingerprint density at radius 1 is 1.12 bits per heavy atom. The van der Waals surface area contributed by atoms with Crippen LogP contribution >= 0.6 is 11.6 Å². The molecule has 1 aliphatic heterocycles. The highest BCUT2D eigenvalue weighted by Gasteiger charge is 2.34. The van der Waals surface area contributed by atoms with Crippen molar-refractivity contribution >= 4 is 28.9 Å². The molecule has 8 heteroatoms. The van der Waals surface area contributed by atoms with E-state index in [-0.39, 0.29) is 10.7 Å². The minimum absolute atomic E-state index is 0.0319. The van der Waals surface area contributed by atoms with Gasteiger partial charge in [-0.1, -0.05) is 11.6 Å². The number of alkyl halides is 3. The van der Waals surface area contributed by atoms with Gasteiger partial charge in [-0.05, 0) is 38.0 Å². The molecule has 0 saturated carbocycles. The number of aromatic nitrogens is 2. The number of nitrogens with zero attached hydrogens (tertiary/aromatic N) is 3. The maximum Gasteiger partial charge on any atom is 0.418 e. The van der Waals surface area contributed by atoms with E-state index in [1.165, 1.54) is 12.1 Å². The minimum atomic E-state index is -4.51. The summed E-state index contributed by atoms with van der Waals surface area (Å²) in [6.07, 6.45) is -2.34. The van der Waals surface area contributed by atoms with Gasteiger partial charge in [0.15, 0.2) is 0 Å². The first-order chi connectivity index (χ1) is 11.3. The van der Waals surface area contributed by atoms with Gasteiger partial charge in [0.05, 0.1) is 11.3 Å². The average molecular weight is 357 g/mol. The summed E-state index contributed by atoms with van der Waals surface area (Å²) in [5, 5.41) is 2.79. The lowest BCUT2D eigenvalue weighted by molar-refractivity contribution is -0.136. The van der Waals surface area contributed by atoms with Crippen LogP contribution in [0.25, 0.3) is 0 Å². The topological polar surface area (TPSA) is 41.1 Å². The first kappa shape index (κ1) is 16.8. The maximum absolute atomic E-state index is 13.2. The molecule has 128 valence electrons. The van der Waals surface area contributed by atoms with E-state index in [1.54, 1.807) is 13.0 Å². The smallest absolute Gasteiger partial charge is 0.356 e. The molecule has 1 fully saturated rings. The summed E-state index contributed by atoms with van der Waals surface area (Å²) in [6, 6.07) is 5.29. The van der Waals surface area contributed by atoms with Crippen molar-refractivity contribution in [3.63, 3.8) is 0 Å². The number of hydrogen-bond donors (Lipinski definition) is 1. The van der Waals surface area contributed by atoms with Gasteiger partial charge in [-0.15, -0.1) is 0 Å². The van der Waals surface area contributed by atoms with Crippen LogP contribution in [0, 0.1) is 6.92 Å². The maximum atomic E-state index is 13.2. The summed E-state index contributed by atoms with van der Waals surface area (Å²) in [5.41, 5.74) is -0.911. The van der Waals surface area contributed by atoms with Crippen LogP contribution in [0.3, 0.4) is 0 Å². The Labute approximate surface area is 142 Å². The predicted octanol–water partition coefficient (Wildman–Crippen LogP) is 4.80. The van der Waals surface area contributed by atoms with E-state index in [9.17, 15) is 13.2 Å². The van der Waals surface area contributed by atoms with Crippen molar-refractivity contribution in [1.29, 1.82) is 0 Å². The third kappa shape index (κ3) is 3.72. The van der Waals surface area contributed by atoms with Crippen molar-refractivity contribution in [2.45, 2.75) is 25.9 Å². The Kier molecular flexibility index (Phi) is 4.54. The molecule has 1 aromatic heterocycles. The molecule has 3 rings (SSSR count). The fraction of sp³-hybridized carbons (Fsp3) is 0.375. The van der Waals surface area contributed by atoms with Gasteiger partial charge < -0.3 is 10.2 Å². The molecule has 0 amide bonds. The second-order valence-corrected chi connectivity index (χ2v) is 6.10. The van der Waals surface area contributed by atoms with Gasteiger partial charge in [-0.2, -0.15) is 13.2 Å². The molecule has 1 aliphatic rings. The van der Waals surface area contributed by atoms with E-state index in [1.807, 2.05) is 0 Å². The van der Waals surface area contributed by atoms with Crippen molar-refractivity contribution in [3.8, 4) is 0 Å². The second-order valence-electron chi connectivity index (χ2n) is 5.67. The first-order valence-corrected chi connectivity index (χ1v) is 7.95. The quantitative estimate of drug-likeness (QED) is 0.857. The third-order valence-electron chi connectivity index (χ3n) is 3.80. The number of aryl methyl sites for hydroxylation is 1. The molecule has 0 aliphatic carbocycles. The highest BCUT2D eigenvalue weighted by atomic mass is 35.5. The zero-order valence-corrected chi connectivity index (χ0v) is 13.7. The van der Waals surface area contributed by atoms with Crippen LogP contribution in [0.15, 0.2) is 24.3 Å². The molecule has 0 unspecified atom stereocenters. The van der Waals surface area contributed by atoms with Gasteiger partial charge in [-0.25, -0.2) is 9.97 Å². The van der Waals surface area contributed by atoms with Gasteiger partial charge in [0.25, 0.3) is 0 Å². The van der Waals surface area contributed by atoms with Crippen LogP contribution in [-0.4, -0.2) is 23.1 Å². The van der Waals surface area contributed by atoms with Crippen molar-refractivity contribution in [2.75, 3.05) is 23.3 Å². The summed E-state index contributed by atoms with van der Waals surface area (Å²) >= 11 is 5.70. The molecule has 1 N–H and O–H groups in total. The summed E-state index contributed by atoms with van der Waals surface area (Å²) in [4.78, 5) is 10.7. The molecule has 4 nitrogen and oxygen atoms in total. The fourth-order valence-electron chi connectivity index (χ4n) is 2.72. The average Bonchev–Trinajstić information content (AvgIpc) is 3.02. The molecule has 2 heterocycles. The standard InChI is InChI=1S/C16H16ClF3N4/c1-10-21-14(9-15(22-10)24-6-2-3-7-24)23-13-5-4-11(17)8-12(13)16(18,19)20/h4-5,8-9H,2-3,6-7H2,1H3,(H,21,22,23). The van der Waals surface area contributed by atoms with Crippen molar-refractivity contribution in [3.05, 3.63) is 40.7 Å². The lowest BCUT2D eigenvalue weighted by Gasteiger charge is -2.19. The van der Waals surface area contributed by atoms with Gasteiger partial charge in [0, 0.05) is 24.2 Å². The highest BCUT2D eigenvalue weighted by Crippen LogP contribution is 2.37. The fourth-order valence-corrected chi connectivity index (χ4v) is 2.89. The molecule has 24 heavy (non-hydrogen) atoms. The molecule has 0 radical (unpaired) electrons. The Morgan fingerprint density at radius 3 is 2.50 bits per heavy atom. The molecule has 0 spiro atoms. The van der Waals surface area contributed by atoms with E-state index in [0.717, 1.165) is 37.8 Å². The van der Waals surface area contributed by atoms with Crippen LogP contribution in [0.2, 0.25) is 5.02 Å². The highest BCUT2D eigenvalue weighted by molar-refractivity contribution is 6.30. The van der Waals surface area contributed by atoms with E-state index < -0.39 is 11.7 Å². The summed E-state index contributed by atoms with van der Waals surface area (Å²) in [5.74, 6) is 1.56. The molecule has 2 aromatic rings. The van der Waals surface area contributed by atoms with Crippen LogP contribution in [0.5, 0.6) is 0 Å². The van der Waals surface area contributed by atoms with Gasteiger partial charge in [0.1, 0.15) is 17.5 Å². The second kappa shape index (κ2) is 6.47. The van der Waals surface area contributed by atoms with Crippen molar-refractivity contribution < 1.29 is 13.2 Å². The number of rotatable bonds is 3. The normalized spacial score (nSPS) is 15.0. The third-order valence-corrected chi connectivity index (χ3v) is 4.04. The zero-order valence-electron chi connectivity index (χ0n) is 13.0. The molecule has 1 saturated heterocycles. The summed E-state index contributed by atoms with van der Waals surface area (Å²) in [7, 11) is 0. The molecular formula is C16H16ClF3N4. The Bertz CT molecular complexity index is 743. The first-order valence-electron chi connectivity index (χ1n) is 7.57. The Morgan fingerprint density at radius 2 is 1.83 bits per heavy atom. The van der Waals surface area contributed by atoms with E-state index in [4.69, 9.17) is 11.6 Å². The van der Waals surface area contributed by atoms with E-state index in [2.05, 4.69) is 20.2 Å². The van der Waals surface area contributed by atoms with Gasteiger partial charge >= 0.3 is 6.18 Å². The van der Waals surface area contributed by atoms with Crippen molar-refractivity contribution in [2.24, 2.45) is 0 Å². The number of nitrogens with one attached hydrogen (secondary N) is 1. The lowest BCUT2D eigenvalue weighted by Crippen LogP contribution is -2.20. The van der Waals surface area contributed by atoms with Crippen molar-refractivity contribution in [1.82, 2.24) is 9.97 Å². The Balaban J connectivity index is 1.94. The zero-order chi connectivity index (χ0) is 17.3. The largest absolute Gasteiger partial charge is 0.418 e. The summed E-state index contributed by atoms with van der Waals surface area (Å²) in [6.45, 7) is 3.51. The Hall–Kier alpha value is -2.02. The number of hydrogen-bond acceptors (Lipinski definition) is 4. The molecule has 1 aromatic carbocycles. The molecular weight excluding hydrogens is 341 g/mol. The molecule has 0 bridgehead atoms. The number of benzene rings is 1. The van der Waals surface area contributed by atoms with Crippen LogP contribution in [-0.2, 0) is 6.18 Å². The van der Waals surface area contributed by atoms with Crippen LogP contribution in [0.4, 0.5) is 30.5 Å². The lowest BCUT2D eigenvalue weighted by atomic mass is 10.1. The van der Waals surface area contributed by atoms with Gasteiger partial charge in [-0.3, -0.25) is 0 Å². The van der Waals surface area contributed by atoms with Crippen LogP contribution < -0.4 is 10.2 Å². The summed E-state index contributed by atoms with van der Waals surface area (Å²) < 4.78 is 39.6.